The summed E-state index contributed by atoms with van der Waals surface area (Å²) < 4.78 is 33.9. The number of aromatic nitrogens is 1. The average molecular weight is 513 g/mol. The first kappa shape index (κ1) is 24.7. The zero-order chi connectivity index (χ0) is 23.9. The molecule has 0 bridgehead atoms. The van der Waals surface area contributed by atoms with Crippen LogP contribution < -0.4 is 15.2 Å². The monoisotopic (exact) mass is 512 g/mol. The Hall–Kier alpha value is -3.40. The molecule has 0 aliphatic carbocycles. The Balaban J connectivity index is 0.00000289. The molecule has 1 aliphatic heterocycles. The van der Waals surface area contributed by atoms with Crippen LogP contribution in [0.25, 0.3) is 21.5 Å². The Kier molecular flexibility index (Phi) is 6.84. The summed E-state index contributed by atoms with van der Waals surface area (Å²) in [6.07, 6.45) is 2.06. The molecule has 0 radical (unpaired) electrons. The molecule has 0 saturated carbocycles. The number of benzene rings is 3. The summed E-state index contributed by atoms with van der Waals surface area (Å²) in [6.45, 7) is 0.832. The van der Waals surface area contributed by atoms with E-state index < -0.39 is 16.1 Å². The predicted octanol–water partition coefficient (Wildman–Crippen LogP) is 3.48. The first-order chi connectivity index (χ1) is 16.3. The number of sulfonamides is 1. The molecule has 5 rings (SSSR count). The van der Waals surface area contributed by atoms with Crippen molar-refractivity contribution in [2.45, 2.75) is 23.9 Å². The van der Waals surface area contributed by atoms with Gasteiger partial charge in [0.15, 0.2) is 0 Å². The molecule has 1 aliphatic rings. The van der Waals surface area contributed by atoms with Crippen LogP contribution in [0.1, 0.15) is 12.0 Å². The van der Waals surface area contributed by atoms with E-state index in [-0.39, 0.29) is 23.2 Å². The van der Waals surface area contributed by atoms with E-state index >= 15 is 0 Å². The van der Waals surface area contributed by atoms with Crippen LogP contribution >= 0.6 is 12.4 Å². The molecular formula is C25H25ClN4O4S. The second kappa shape index (κ2) is 9.69. The van der Waals surface area contributed by atoms with Crippen LogP contribution in [-0.4, -0.2) is 43.9 Å². The third-order valence-corrected chi connectivity index (χ3v) is 7.63. The first-order valence-corrected chi connectivity index (χ1v) is 12.3. The lowest BCUT2D eigenvalue weighted by Crippen LogP contribution is -2.41. The number of nitrogens with two attached hydrogens (primary N) is 1. The molecule has 8 nitrogen and oxygen atoms in total. The van der Waals surface area contributed by atoms with Crippen molar-refractivity contribution in [1.29, 1.82) is 0 Å². The number of nitrogen functional groups attached to an aromatic ring is 1. The van der Waals surface area contributed by atoms with E-state index in [1.165, 1.54) is 0 Å². The van der Waals surface area contributed by atoms with Gasteiger partial charge in [0.1, 0.15) is 17.6 Å². The zero-order valence-electron chi connectivity index (χ0n) is 19.0. The predicted molar refractivity (Wildman–Crippen MR) is 138 cm³/mol. The topological polar surface area (TPSA) is 115 Å². The van der Waals surface area contributed by atoms with Crippen molar-refractivity contribution >= 4 is 55.7 Å². The number of carbonyl (C=O) groups excluding carboxylic acids is 1. The molecular weight excluding hydrogens is 488 g/mol. The van der Waals surface area contributed by atoms with Crippen molar-refractivity contribution < 1.29 is 17.9 Å². The van der Waals surface area contributed by atoms with Gasteiger partial charge in [-0.3, -0.25) is 4.79 Å². The molecule has 1 fully saturated rings. The molecule has 1 atom stereocenters. The van der Waals surface area contributed by atoms with Gasteiger partial charge >= 0.3 is 0 Å². The Labute approximate surface area is 209 Å². The molecule has 1 unspecified atom stereocenters. The van der Waals surface area contributed by atoms with Crippen LogP contribution in [0.2, 0.25) is 0 Å². The summed E-state index contributed by atoms with van der Waals surface area (Å²) in [5, 5.41) is 3.44. The number of anilines is 1. The molecule has 10 heteroatoms. The van der Waals surface area contributed by atoms with Gasteiger partial charge in [-0.05, 0) is 64.5 Å². The number of amides is 1. The number of nitrogens with one attached hydrogen (secondary N) is 1. The molecule has 4 aromatic rings. The van der Waals surface area contributed by atoms with Gasteiger partial charge in [0.25, 0.3) is 0 Å². The number of hydrogen-bond acceptors (Lipinski definition) is 6. The van der Waals surface area contributed by atoms with E-state index in [1.54, 1.807) is 42.5 Å². The van der Waals surface area contributed by atoms with Gasteiger partial charge in [-0.15, -0.1) is 12.4 Å². The van der Waals surface area contributed by atoms with Gasteiger partial charge in [0, 0.05) is 24.7 Å². The quantitative estimate of drug-likeness (QED) is 0.409. The van der Waals surface area contributed by atoms with Crippen LogP contribution in [0.15, 0.2) is 71.8 Å². The fourth-order valence-corrected chi connectivity index (χ4v) is 5.57. The largest absolute Gasteiger partial charge is 0.497 e. The second-order valence-corrected chi connectivity index (χ2v) is 10.1. The van der Waals surface area contributed by atoms with Crippen LogP contribution in [0, 0.1) is 0 Å². The highest BCUT2D eigenvalue weighted by molar-refractivity contribution is 7.89. The smallest absolute Gasteiger partial charge is 0.241 e. The van der Waals surface area contributed by atoms with Gasteiger partial charge < -0.3 is 15.4 Å². The van der Waals surface area contributed by atoms with Gasteiger partial charge in [-0.1, -0.05) is 24.3 Å². The number of carbonyl (C=O) groups is 1. The maximum atomic E-state index is 13.0. The van der Waals surface area contributed by atoms with E-state index in [2.05, 4.69) is 9.71 Å². The SMILES string of the molecule is COc1ccc2ccc(S(=O)(=O)NC3CCN(Cc4ccc5ccnc(N)c5c4)C3=O)cc2c1.Cl. The minimum atomic E-state index is -3.88. The summed E-state index contributed by atoms with van der Waals surface area (Å²) in [5.74, 6) is 0.832. The van der Waals surface area contributed by atoms with E-state index in [0.717, 1.165) is 27.1 Å². The highest BCUT2D eigenvalue weighted by atomic mass is 35.5. The highest BCUT2D eigenvalue weighted by Gasteiger charge is 2.35. The fourth-order valence-electron chi connectivity index (χ4n) is 4.31. The van der Waals surface area contributed by atoms with Crippen LogP contribution in [0.3, 0.4) is 0 Å². The maximum absolute atomic E-state index is 13.0. The van der Waals surface area contributed by atoms with Gasteiger partial charge in [-0.25, -0.2) is 13.4 Å². The number of methoxy groups -OCH3 is 1. The summed E-state index contributed by atoms with van der Waals surface area (Å²) in [7, 11) is -2.32. The van der Waals surface area contributed by atoms with Gasteiger partial charge in [-0.2, -0.15) is 4.72 Å². The minimum Gasteiger partial charge on any atom is -0.497 e. The molecule has 2 heterocycles. The van der Waals surface area contributed by atoms with Gasteiger partial charge in [0.05, 0.1) is 12.0 Å². The fraction of sp³-hybridized carbons (Fsp3) is 0.200. The summed E-state index contributed by atoms with van der Waals surface area (Å²) >= 11 is 0. The molecule has 1 saturated heterocycles. The third-order valence-electron chi connectivity index (χ3n) is 6.16. The average Bonchev–Trinajstić information content (AvgIpc) is 3.17. The van der Waals surface area contributed by atoms with Crippen LogP contribution in [0.4, 0.5) is 5.82 Å². The number of pyridine rings is 1. The Morgan fingerprint density at radius 3 is 2.63 bits per heavy atom. The standard InChI is InChI=1S/C25H24N4O4S.ClH/c1-33-20-6-4-17-5-7-21(14-19(17)13-20)34(31,32)28-23-9-11-29(25(23)30)15-16-2-3-18-8-10-27-24(26)22(18)12-16;/h2-8,10,12-14,23,28H,9,11,15H2,1H3,(H2,26,27);1H. The van der Waals surface area contributed by atoms with Crippen molar-refractivity contribution in [3.63, 3.8) is 0 Å². The molecule has 182 valence electrons. The lowest BCUT2D eigenvalue weighted by molar-refractivity contribution is -0.129. The Bertz CT molecular complexity index is 1530. The molecule has 0 spiro atoms. The molecule has 35 heavy (non-hydrogen) atoms. The maximum Gasteiger partial charge on any atom is 0.241 e. The highest BCUT2D eigenvalue weighted by Crippen LogP contribution is 2.26. The number of fused-ring (bicyclic) bond motifs is 2. The number of ether oxygens (including phenoxy) is 1. The third kappa shape index (κ3) is 4.88. The second-order valence-electron chi connectivity index (χ2n) is 8.35. The van der Waals surface area contributed by atoms with Crippen LogP contribution in [-0.2, 0) is 21.4 Å². The summed E-state index contributed by atoms with van der Waals surface area (Å²) in [5.41, 5.74) is 6.89. The normalized spacial score (nSPS) is 16.0. The summed E-state index contributed by atoms with van der Waals surface area (Å²) in [4.78, 5) is 18.9. The summed E-state index contributed by atoms with van der Waals surface area (Å²) in [6, 6.07) is 17.2. The lowest BCUT2D eigenvalue weighted by Gasteiger charge is -2.18. The Morgan fingerprint density at radius 1 is 1.06 bits per heavy atom. The van der Waals surface area contributed by atoms with E-state index in [4.69, 9.17) is 10.5 Å². The van der Waals surface area contributed by atoms with Crippen molar-refractivity contribution in [1.82, 2.24) is 14.6 Å². The molecule has 1 aromatic heterocycles. The number of halogens is 1. The number of likely N-dealkylation sites (tertiary alicyclic amines) is 1. The number of nitrogens with zero attached hydrogens (tertiary/aromatic N) is 2. The molecule has 3 aromatic carbocycles. The van der Waals surface area contributed by atoms with Crippen molar-refractivity contribution in [2.75, 3.05) is 19.4 Å². The zero-order valence-corrected chi connectivity index (χ0v) is 20.6. The Morgan fingerprint density at radius 2 is 1.83 bits per heavy atom. The number of hydrogen-bond donors (Lipinski definition) is 2. The number of rotatable bonds is 6. The first-order valence-electron chi connectivity index (χ1n) is 10.9. The minimum absolute atomic E-state index is 0. The lowest BCUT2D eigenvalue weighted by atomic mass is 10.1. The van der Waals surface area contributed by atoms with Crippen molar-refractivity contribution in [3.05, 3.63) is 72.4 Å². The van der Waals surface area contributed by atoms with Crippen LogP contribution in [0.5, 0.6) is 5.75 Å². The van der Waals surface area contributed by atoms with E-state index in [0.29, 0.717) is 31.1 Å². The van der Waals surface area contributed by atoms with Crippen molar-refractivity contribution in [2.24, 2.45) is 0 Å². The van der Waals surface area contributed by atoms with E-state index in [9.17, 15) is 13.2 Å². The molecule has 1 amide bonds. The van der Waals surface area contributed by atoms with Crippen molar-refractivity contribution in [3.8, 4) is 5.75 Å². The van der Waals surface area contributed by atoms with Gasteiger partial charge in [0.2, 0.25) is 15.9 Å². The van der Waals surface area contributed by atoms with E-state index in [1.807, 2.05) is 36.4 Å². The molecule has 3 N–H and O–H groups in total.